The molecule has 1 saturated heterocycles. The van der Waals surface area contributed by atoms with Crippen molar-refractivity contribution in [1.29, 1.82) is 0 Å². The van der Waals surface area contributed by atoms with Crippen LogP contribution in [-0.2, 0) is 10.0 Å². The van der Waals surface area contributed by atoms with E-state index < -0.39 is 15.4 Å². The van der Waals surface area contributed by atoms with Crippen molar-refractivity contribution >= 4 is 33.5 Å². The highest BCUT2D eigenvalue weighted by molar-refractivity contribution is 7.88. The first-order chi connectivity index (χ1) is 15.4. The van der Waals surface area contributed by atoms with Crippen LogP contribution in [-0.4, -0.2) is 55.1 Å². The fraction of sp³-hybridized carbons (Fsp3) is 0.500. The number of aromatic nitrogens is 1. The molecule has 1 aliphatic heterocycles. The third-order valence-electron chi connectivity index (χ3n) is 6.02. The molecule has 180 valence electrons. The third-order valence-corrected chi connectivity index (χ3v) is 7.33. The number of carbonyl (C=O) groups is 1. The molecule has 1 aromatic heterocycles. The number of allylic oxidation sites excluding steroid dienone is 4. The number of nitrogens with one attached hydrogen (secondary N) is 2. The van der Waals surface area contributed by atoms with E-state index in [0.717, 1.165) is 30.5 Å². The Kier molecular flexibility index (Phi) is 7.33. The molecule has 2 heterocycles. The number of hydrogen-bond acceptors (Lipinski definition) is 6. The summed E-state index contributed by atoms with van der Waals surface area (Å²) >= 11 is 0. The molecule has 8 nitrogen and oxygen atoms in total. The topological polar surface area (TPSA) is 121 Å². The average Bonchev–Trinajstić information content (AvgIpc) is 3.10. The van der Waals surface area contributed by atoms with Crippen molar-refractivity contribution in [1.82, 2.24) is 14.6 Å². The Labute approximate surface area is 196 Å². The zero-order chi connectivity index (χ0) is 24.4. The minimum absolute atomic E-state index is 0.0324. The van der Waals surface area contributed by atoms with Crippen molar-refractivity contribution in [2.24, 2.45) is 16.3 Å². The fourth-order valence-electron chi connectivity index (χ4n) is 3.97. The fourth-order valence-corrected chi connectivity index (χ4v) is 4.84. The molecule has 9 heteroatoms. The largest absolute Gasteiger partial charge is 0.395 e. The highest BCUT2D eigenvalue weighted by Gasteiger charge is 2.27. The second-order valence-corrected chi connectivity index (χ2v) is 11.8. The molecule has 0 aromatic carbocycles. The molecule has 1 atom stereocenters. The number of nitrogen functional groups attached to an aromatic ring is 1. The van der Waals surface area contributed by atoms with E-state index in [0.29, 0.717) is 30.2 Å². The average molecular weight is 474 g/mol. The molecule has 2 aliphatic rings. The highest BCUT2D eigenvalue weighted by atomic mass is 32.2. The number of hydrogen-bond donors (Lipinski definition) is 3. The Morgan fingerprint density at radius 2 is 2.00 bits per heavy atom. The van der Waals surface area contributed by atoms with Crippen molar-refractivity contribution in [2.75, 3.05) is 25.1 Å². The summed E-state index contributed by atoms with van der Waals surface area (Å²) in [5, 5.41) is 3.53. The van der Waals surface area contributed by atoms with Gasteiger partial charge in [-0.25, -0.2) is 17.7 Å². The summed E-state index contributed by atoms with van der Waals surface area (Å²) in [7, 11) is -3.12. The molecule has 33 heavy (non-hydrogen) atoms. The zero-order valence-electron chi connectivity index (χ0n) is 19.9. The lowest BCUT2D eigenvalue weighted by molar-refractivity contribution is 0.0859. The number of carbonyl (C=O) groups excluding carboxylic acids is 1. The van der Waals surface area contributed by atoms with Gasteiger partial charge in [0.2, 0.25) is 10.0 Å². The second-order valence-electron chi connectivity index (χ2n) is 9.82. The molecule has 0 saturated carbocycles. The van der Waals surface area contributed by atoms with E-state index in [1.807, 2.05) is 20.8 Å². The first-order valence-electron chi connectivity index (χ1n) is 11.2. The summed E-state index contributed by atoms with van der Waals surface area (Å²) in [5.41, 5.74) is 8.28. The number of Topliss-reactive ketones (excluding diaryl/α,β-unsaturated/α-hetero) is 1. The molecule has 0 amide bonds. The zero-order valence-corrected chi connectivity index (χ0v) is 20.7. The summed E-state index contributed by atoms with van der Waals surface area (Å²) < 4.78 is 24.9. The monoisotopic (exact) mass is 473 g/mol. The summed E-state index contributed by atoms with van der Waals surface area (Å²) in [5.74, 6) is 0.509. The Balaban J connectivity index is 1.61. The predicted molar refractivity (Wildman–Crippen MR) is 134 cm³/mol. The second kappa shape index (κ2) is 9.69. The van der Waals surface area contributed by atoms with Crippen LogP contribution in [0.2, 0.25) is 0 Å². The summed E-state index contributed by atoms with van der Waals surface area (Å²) in [6.45, 7) is 10.8. The molecule has 3 rings (SSSR count). The highest BCUT2D eigenvalue weighted by Crippen LogP contribution is 2.31. The maximum atomic E-state index is 12.5. The van der Waals surface area contributed by atoms with E-state index in [2.05, 4.69) is 40.1 Å². The van der Waals surface area contributed by atoms with Gasteiger partial charge < -0.3 is 16.0 Å². The molecule has 1 unspecified atom stereocenters. The van der Waals surface area contributed by atoms with Gasteiger partial charge in [-0.05, 0) is 30.9 Å². The molecule has 0 bridgehead atoms. The maximum absolute atomic E-state index is 12.5. The molecular weight excluding hydrogens is 438 g/mol. The van der Waals surface area contributed by atoms with Gasteiger partial charge >= 0.3 is 0 Å². The molecular formula is C24H35N5O3S. The van der Waals surface area contributed by atoms with Crippen molar-refractivity contribution in [2.45, 2.75) is 46.1 Å². The first kappa shape index (κ1) is 25.0. The van der Waals surface area contributed by atoms with E-state index >= 15 is 0 Å². The van der Waals surface area contributed by atoms with Crippen LogP contribution in [0, 0.1) is 11.3 Å². The molecule has 4 N–H and O–H groups in total. The van der Waals surface area contributed by atoms with E-state index in [4.69, 9.17) is 5.73 Å². The van der Waals surface area contributed by atoms with Crippen LogP contribution in [0.4, 0.5) is 11.5 Å². The van der Waals surface area contributed by atoms with Crippen LogP contribution in [0.5, 0.6) is 0 Å². The summed E-state index contributed by atoms with van der Waals surface area (Å²) in [6.07, 6.45) is 13.2. The van der Waals surface area contributed by atoms with Gasteiger partial charge in [-0.2, -0.15) is 0 Å². The number of piperidine rings is 1. The van der Waals surface area contributed by atoms with Crippen LogP contribution in [0.15, 0.2) is 47.3 Å². The van der Waals surface area contributed by atoms with E-state index in [9.17, 15) is 13.2 Å². The standard InChI is InChI=1S/C24H35N5O3S/c1-16(14-26-23-21(25)20(15-27-23)22(30)24(2,3)4)17-7-6-8-19(13-17)28-18-9-11-29(12-10-18)33(5,31)32/h6,8,13-15,17-18,27-28H,1,7,9-12,25H2,2-5H3. The van der Waals surface area contributed by atoms with Crippen LogP contribution >= 0.6 is 0 Å². The maximum Gasteiger partial charge on any atom is 0.211 e. The van der Waals surface area contributed by atoms with Crippen LogP contribution in [0.3, 0.4) is 0 Å². The van der Waals surface area contributed by atoms with Crippen molar-refractivity contribution in [3.8, 4) is 0 Å². The van der Waals surface area contributed by atoms with Gasteiger partial charge in [-0.15, -0.1) is 0 Å². The summed E-state index contributed by atoms with van der Waals surface area (Å²) in [4.78, 5) is 20.0. The number of ketones is 1. The number of sulfonamides is 1. The first-order valence-corrected chi connectivity index (χ1v) is 13.1. The van der Waals surface area contributed by atoms with Crippen LogP contribution in [0.1, 0.15) is 50.4 Å². The number of rotatable bonds is 7. The van der Waals surface area contributed by atoms with Gasteiger partial charge in [0.15, 0.2) is 11.6 Å². The predicted octanol–water partition coefficient (Wildman–Crippen LogP) is 3.56. The van der Waals surface area contributed by atoms with E-state index in [1.165, 1.54) is 10.6 Å². The lowest BCUT2D eigenvalue weighted by atomic mass is 9.87. The third kappa shape index (κ3) is 6.23. The lowest BCUT2D eigenvalue weighted by Crippen LogP contribution is -2.44. The van der Waals surface area contributed by atoms with Crippen molar-refractivity contribution in [3.63, 3.8) is 0 Å². The number of nitrogens with two attached hydrogens (primary N) is 1. The van der Waals surface area contributed by atoms with Gasteiger partial charge in [-0.3, -0.25) is 4.79 Å². The van der Waals surface area contributed by atoms with Gasteiger partial charge in [0.1, 0.15) is 0 Å². The van der Waals surface area contributed by atoms with Gasteiger partial charge in [0, 0.05) is 48.6 Å². The van der Waals surface area contributed by atoms with Gasteiger partial charge in [0.25, 0.3) is 0 Å². The Morgan fingerprint density at radius 3 is 2.61 bits per heavy atom. The number of nitrogens with zero attached hydrogens (tertiary/aromatic N) is 2. The lowest BCUT2D eigenvalue weighted by Gasteiger charge is -2.32. The minimum Gasteiger partial charge on any atom is -0.395 e. The van der Waals surface area contributed by atoms with Crippen LogP contribution in [0.25, 0.3) is 0 Å². The van der Waals surface area contributed by atoms with E-state index in [-0.39, 0.29) is 17.7 Å². The minimum atomic E-state index is -3.12. The molecule has 1 aliphatic carbocycles. The molecule has 1 fully saturated rings. The van der Waals surface area contributed by atoms with Gasteiger partial charge in [0.05, 0.1) is 17.5 Å². The number of anilines is 1. The smallest absolute Gasteiger partial charge is 0.211 e. The van der Waals surface area contributed by atoms with Gasteiger partial charge in [-0.1, -0.05) is 39.5 Å². The quantitative estimate of drug-likeness (QED) is 0.413. The Morgan fingerprint density at radius 1 is 1.33 bits per heavy atom. The van der Waals surface area contributed by atoms with Crippen molar-refractivity contribution < 1.29 is 13.2 Å². The van der Waals surface area contributed by atoms with Crippen LogP contribution < -0.4 is 11.1 Å². The van der Waals surface area contributed by atoms with E-state index in [1.54, 1.807) is 12.4 Å². The normalized spacial score (nSPS) is 20.7. The number of aromatic amines is 1. The molecule has 1 aromatic rings. The van der Waals surface area contributed by atoms with Crippen molar-refractivity contribution in [3.05, 3.63) is 47.8 Å². The number of H-pyrrole nitrogens is 1. The Hall–Kier alpha value is -2.65. The number of aliphatic imine (C=N–C) groups is 1. The summed E-state index contributed by atoms with van der Waals surface area (Å²) in [6, 6.07) is 0.233. The SMILES string of the molecule is C=C(C=Nc1[nH]cc(C(=O)C(C)(C)C)c1N)C1C=C(NC2CCN(S(C)(=O)=O)CC2)C=CC1. The Bertz CT molecular complexity index is 1100. The molecule has 0 radical (unpaired) electrons. The molecule has 0 spiro atoms.